The van der Waals surface area contributed by atoms with E-state index in [1.54, 1.807) is 32.9 Å². The highest BCUT2D eigenvalue weighted by atomic mass is 19.1. The Morgan fingerprint density at radius 1 is 0.885 bits per heavy atom. The molecule has 0 aliphatic carbocycles. The van der Waals surface area contributed by atoms with E-state index in [2.05, 4.69) is 5.32 Å². The van der Waals surface area contributed by atoms with Gasteiger partial charge in [0.1, 0.15) is 40.3 Å². The molecule has 52 heavy (non-hydrogen) atoms. The van der Waals surface area contributed by atoms with Crippen molar-refractivity contribution in [3.05, 3.63) is 88.7 Å². The van der Waals surface area contributed by atoms with E-state index in [0.29, 0.717) is 12.2 Å². The van der Waals surface area contributed by atoms with Crippen LogP contribution in [0.5, 0.6) is 17.2 Å². The number of hydrogen-bond donors (Lipinski definition) is 1. The molecule has 0 radical (unpaired) electrons. The maximum absolute atomic E-state index is 14.7. The fourth-order valence-corrected chi connectivity index (χ4v) is 5.22. The molecule has 1 aliphatic heterocycles. The fourth-order valence-electron chi connectivity index (χ4n) is 5.22. The molecule has 1 heterocycles. The first-order valence-corrected chi connectivity index (χ1v) is 16.4. The van der Waals surface area contributed by atoms with Crippen LogP contribution in [0.4, 0.5) is 9.18 Å². The Kier molecular flexibility index (Phi) is 13.9. The van der Waals surface area contributed by atoms with Crippen LogP contribution in [-0.4, -0.2) is 94.6 Å². The average molecular weight is 727 g/mol. The van der Waals surface area contributed by atoms with Gasteiger partial charge in [0.15, 0.2) is 19.4 Å². The van der Waals surface area contributed by atoms with Gasteiger partial charge < -0.3 is 43.3 Å². The molecule has 1 N–H and O–H groups in total. The predicted octanol–water partition coefficient (Wildman–Crippen LogP) is 5.32. The third-order valence-electron chi connectivity index (χ3n) is 7.59. The maximum atomic E-state index is 14.7. The van der Waals surface area contributed by atoms with Crippen molar-refractivity contribution in [1.82, 2.24) is 10.4 Å². The molecule has 3 aromatic carbocycles. The Balaban J connectivity index is 1.56. The third kappa shape index (κ3) is 10.9. The highest BCUT2D eigenvalue weighted by molar-refractivity contribution is 6.11. The normalized spacial score (nSPS) is 16.2. The molecule has 0 bridgehead atoms. The summed E-state index contributed by atoms with van der Waals surface area (Å²) in [4.78, 5) is 58.5. The van der Waals surface area contributed by atoms with Gasteiger partial charge >= 0.3 is 12.1 Å². The van der Waals surface area contributed by atoms with Crippen LogP contribution in [0.25, 0.3) is 0 Å². The molecule has 1 fully saturated rings. The highest BCUT2D eigenvalue weighted by Gasteiger charge is 2.35. The quantitative estimate of drug-likeness (QED) is 0.130. The number of carbonyl (C=O) groups is 4. The first-order chi connectivity index (χ1) is 24.8. The molecular weight excluding hydrogens is 683 g/mol. The minimum absolute atomic E-state index is 0.00723. The lowest BCUT2D eigenvalue weighted by Crippen LogP contribution is -2.50. The molecule has 0 aromatic heterocycles. The number of carbonyl (C=O) groups excluding carboxylic acids is 4. The molecule has 1 aliphatic rings. The summed E-state index contributed by atoms with van der Waals surface area (Å²) in [5.74, 6) is -2.15. The number of halogens is 1. The van der Waals surface area contributed by atoms with Crippen molar-refractivity contribution in [3.63, 3.8) is 0 Å². The van der Waals surface area contributed by atoms with E-state index < -0.39 is 47.4 Å². The summed E-state index contributed by atoms with van der Waals surface area (Å²) in [5, 5.41) is 4.24. The van der Waals surface area contributed by atoms with E-state index in [9.17, 15) is 23.6 Å². The van der Waals surface area contributed by atoms with E-state index in [1.165, 1.54) is 68.9 Å². The second-order valence-electron chi connectivity index (χ2n) is 12.6. The lowest BCUT2D eigenvalue weighted by Gasteiger charge is -2.29. The Labute approximate surface area is 300 Å². The summed E-state index contributed by atoms with van der Waals surface area (Å²) in [6.45, 7) is 4.97. The number of hydrogen-bond acceptors (Lipinski definition) is 13. The van der Waals surface area contributed by atoms with E-state index in [0.717, 1.165) is 6.07 Å². The molecule has 0 saturated carbocycles. The monoisotopic (exact) mass is 726 g/mol. The van der Waals surface area contributed by atoms with Crippen molar-refractivity contribution < 1.29 is 61.6 Å². The summed E-state index contributed by atoms with van der Waals surface area (Å²) in [6.07, 6.45) is -1.13. The molecule has 3 aromatic rings. The predicted molar refractivity (Wildman–Crippen MR) is 183 cm³/mol. The molecule has 15 heteroatoms. The number of hydroxylamine groups is 2. The van der Waals surface area contributed by atoms with Gasteiger partial charge in [0, 0.05) is 26.3 Å². The number of esters is 1. The van der Waals surface area contributed by atoms with Gasteiger partial charge in [-0.15, -0.1) is 5.06 Å². The second kappa shape index (κ2) is 18.3. The number of nitrogens with one attached hydrogen (secondary N) is 1. The average Bonchev–Trinajstić information content (AvgIpc) is 3.29. The van der Waals surface area contributed by atoms with E-state index >= 15 is 0 Å². The zero-order valence-corrected chi connectivity index (χ0v) is 29.9. The number of amides is 1. The van der Waals surface area contributed by atoms with Crippen LogP contribution >= 0.6 is 0 Å². The fraction of sp³-hybridized carbons (Fsp3) is 0.405. The van der Waals surface area contributed by atoms with Crippen molar-refractivity contribution >= 4 is 23.8 Å². The summed E-state index contributed by atoms with van der Waals surface area (Å²) >= 11 is 0. The van der Waals surface area contributed by atoms with Gasteiger partial charge in [0.2, 0.25) is 0 Å². The van der Waals surface area contributed by atoms with Gasteiger partial charge in [-0.1, -0.05) is 18.2 Å². The number of ketones is 1. The van der Waals surface area contributed by atoms with E-state index in [1.807, 2.05) is 0 Å². The molecular formula is C37H43FN2O12. The largest absolute Gasteiger partial charge is 0.528 e. The lowest BCUT2D eigenvalue weighted by atomic mass is 10.0. The van der Waals surface area contributed by atoms with Crippen LogP contribution in [0, 0.1) is 5.82 Å². The Morgan fingerprint density at radius 3 is 2.21 bits per heavy atom. The van der Waals surface area contributed by atoms with Gasteiger partial charge in [-0.05, 0) is 76.1 Å². The molecule has 280 valence electrons. The Morgan fingerprint density at radius 2 is 1.56 bits per heavy atom. The minimum Gasteiger partial charge on any atom is -0.497 e. The number of benzene rings is 3. The summed E-state index contributed by atoms with van der Waals surface area (Å²) < 4.78 is 52.1. The van der Waals surface area contributed by atoms with Crippen molar-refractivity contribution in [2.75, 3.05) is 48.0 Å². The van der Waals surface area contributed by atoms with Crippen LogP contribution in [0.2, 0.25) is 0 Å². The van der Waals surface area contributed by atoms with Crippen molar-refractivity contribution in [1.29, 1.82) is 0 Å². The molecule has 0 spiro atoms. The van der Waals surface area contributed by atoms with Crippen molar-refractivity contribution in [3.8, 4) is 17.2 Å². The van der Waals surface area contributed by atoms with Crippen LogP contribution in [0.15, 0.2) is 60.7 Å². The number of nitrogens with zero attached hydrogens (tertiary/aromatic N) is 1. The van der Waals surface area contributed by atoms with E-state index in [4.69, 9.17) is 38.0 Å². The number of methoxy groups -OCH3 is 3. The first-order valence-electron chi connectivity index (χ1n) is 16.4. The highest BCUT2D eigenvalue weighted by Crippen LogP contribution is 2.27. The van der Waals surface area contributed by atoms with E-state index in [-0.39, 0.29) is 66.8 Å². The van der Waals surface area contributed by atoms with Crippen molar-refractivity contribution in [2.45, 2.75) is 51.4 Å². The lowest BCUT2D eigenvalue weighted by molar-refractivity contribution is -0.144. The molecule has 1 saturated heterocycles. The zero-order valence-electron chi connectivity index (χ0n) is 29.9. The van der Waals surface area contributed by atoms with Crippen LogP contribution in [0.1, 0.15) is 70.3 Å². The molecule has 14 nitrogen and oxygen atoms in total. The minimum atomic E-state index is -0.932. The maximum Gasteiger partial charge on any atom is 0.528 e. The zero-order chi connectivity index (χ0) is 37.8. The molecule has 4 rings (SSSR count). The van der Waals surface area contributed by atoms with Gasteiger partial charge in [-0.25, -0.2) is 14.0 Å². The van der Waals surface area contributed by atoms with Crippen LogP contribution in [-0.2, 0) is 23.8 Å². The standard InChI is InChI=1S/C37H43FN2O12/c1-37(2,3)51-36(44)52-40-18-8-11-30(28(20-40)39-34(42)26-19-25(47-6)16-17-29(26)48-21-45-4)50-35(43)24-14-12-23(13-15-24)33(41)32-27(38)9-7-10-31(32)49-22-46-5/h7,9-10,12-17,19,28,30H,8,11,18,20-22H2,1-6H3,(H,39,42)/t28-,30-/m1/s1. The molecule has 1 amide bonds. The SMILES string of the molecule is COCOc1ccc(OC)cc1C(=O)N[C@@H]1CN(OC(=O)OC(C)(C)C)CCC[C@H]1OC(=O)c1ccc(C(=O)c2c(F)cccc2OCOC)cc1. The Hall–Kier alpha value is -5.25. The molecule has 0 unspecified atom stereocenters. The summed E-state index contributed by atoms with van der Waals surface area (Å²) in [5.41, 5.74) is -0.772. The van der Waals surface area contributed by atoms with Gasteiger partial charge in [-0.3, -0.25) is 9.59 Å². The summed E-state index contributed by atoms with van der Waals surface area (Å²) in [6, 6.07) is 13.3. The number of ether oxygens (including phenoxy) is 7. The smallest absolute Gasteiger partial charge is 0.497 e. The van der Waals surface area contributed by atoms with Gasteiger partial charge in [0.05, 0.1) is 30.8 Å². The topological polar surface area (TPSA) is 157 Å². The first kappa shape index (κ1) is 39.5. The van der Waals surface area contributed by atoms with Gasteiger partial charge in [-0.2, -0.15) is 0 Å². The molecule has 2 atom stereocenters. The number of rotatable bonds is 14. The third-order valence-corrected chi connectivity index (χ3v) is 7.59. The summed E-state index contributed by atoms with van der Waals surface area (Å²) in [7, 11) is 4.29. The van der Waals surface area contributed by atoms with Crippen LogP contribution in [0.3, 0.4) is 0 Å². The second-order valence-corrected chi connectivity index (χ2v) is 12.6. The van der Waals surface area contributed by atoms with Crippen LogP contribution < -0.4 is 19.5 Å². The van der Waals surface area contributed by atoms with Gasteiger partial charge in [0.25, 0.3) is 5.91 Å². The Bertz CT molecular complexity index is 1710. The van der Waals surface area contributed by atoms with Crippen molar-refractivity contribution in [2.24, 2.45) is 0 Å².